The Labute approximate surface area is 208 Å². The fourth-order valence-electron chi connectivity index (χ4n) is 3.72. The van der Waals surface area contributed by atoms with Crippen molar-refractivity contribution in [3.63, 3.8) is 0 Å². The van der Waals surface area contributed by atoms with E-state index in [2.05, 4.69) is 27.2 Å². The van der Waals surface area contributed by atoms with E-state index in [1.807, 2.05) is 35.5 Å². The number of rotatable bonds is 9. The summed E-state index contributed by atoms with van der Waals surface area (Å²) in [5.74, 6) is 0.0866. The van der Waals surface area contributed by atoms with Gasteiger partial charge in [0.05, 0.1) is 22.6 Å². The zero-order chi connectivity index (χ0) is 25.8. The SMILES string of the molecule is C=CC(=O)Nc1cc(Nc2nccc(-n3ccc4cc(F)ccc43)n2)c(O)cc1N(C)CCN(C)C. The standard InChI is InChI=1S/C26H28FN7O2/c1-5-25(36)29-19-15-20(23(35)16-22(19)33(4)13-12-32(2)3)30-26-28-10-8-24(31-26)34-11-9-17-14-18(27)6-7-21(17)34/h5-11,14-16,35H,1,12-13H2,2-4H3,(H,29,36)(H,28,30,31). The number of anilines is 4. The Morgan fingerprint density at radius 2 is 1.94 bits per heavy atom. The van der Waals surface area contributed by atoms with Crippen molar-refractivity contribution in [1.82, 2.24) is 19.4 Å². The second-order valence-corrected chi connectivity index (χ2v) is 8.56. The van der Waals surface area contributed by atoms with Gasteiger partial charge in [0.1, 0.15) is 17.4 Å². The number of carbonyl (C=O) groups excluding carboxylic acids is 1. The van der Waals surface area contributed by atoms with Crippen LogP contribution in [0.5, 0.6) is 5.75 Å². The highest BCUT2D eigenvalue weighted by Gasteiger charge is 2.16. The molecule has 1 amide bonds. The van der Waals surface area contributed by atoms with Crippen LogP contribution in [0, 0.1) is 5.82 Å². The van der Waals surface area contributed by atoms with Crippen LogP contribution in [0.25, 0.3) is 16.7 Å². The fourth-order valence-corrected chi connectivity index (χ4v) is 3.72. The second-order valence-electron chi connectivity index (χ2n) is 8.56. The number of halogens is 1. The Morgan fingerprint density at radius 3 is 2.69 bits per heavy atom. The topological polar surface area (TPSA) is 98.5 Å². The molecule has 0 saturated carbocycles. The lowest BCUT2D eigenvalue weighted by molar-refractivity contribution is -0.111. The maximum atomic E-state index is 13.6. The minimum Gasteiger partial charge on any atom is -0.506 e. The van der Waals surface area contributed by atoms with E-state index in [4.69, 9.17) is 0 Å². The van der Waals surface area contributed by atoms with Gasteiger partial charge in [0.15, 0.2) is 0 Å². The molecule has 2 aromatic heterocycles. The molecule has 2 heterocycles. The number of phenols is 1. The number of amides is 1. The number of hydrogen-bond acceptors (Lipinski definition) is 7. The first kappa shape index (κ1) is 24.7. The summed E-state index contributed by atoms with van der Waals surface area (Å²) >= 11 is 0. The summed E-state index contributed by atoms with van der Waals surface area (Å²) in [6, 6.07) is 11.3. The van der Waals surface area contributed by atoms with Gasteiger partial charge in [-0.25, -0.2) is 9.37 Å². The van der Waals surface area contributed by atoms with E-state index in [9.17, 15) is 14.3 Å². The molecule has 0 aliphatic heterocycles. The van der Waals surface area contributed by atoms with Crippen LogP contribution in [0.2, 0.25) is 0 Å². The summed E-state index contributed by atoms with van der Waals surface area (Å²) in [6.07, 6.45) is 4.57. The molecular formula is C26H28FN7O2. The number of carbonyl (C=O) groups is 1. The molecule has 36 heavy (non-hydrogen) atoms. The van der Waals surface area contributed by atoms with Gasteiger partial charge in [0.2, 0.25) is 11.9 Å². The number of aromatic hydroxyl groups is 1. The maximum Gasteiger partial charge on any atom is 0.247 e. The Kier molecular flexibility index (Phi) is 7.16. The normalized spacial score (nSPS) is 11.0. The number of phenolic OH excluding ortho intramolecular Hbond substituents is 1. The molecule has 0 unspecified atom stereocenters. The summed E-state index contributed by atoms with van der Waals surface area (Å²) in [6.45, 7) is 4.98. The van der Waals surface area contributed by atoms with Crippen molar-refractivity contribution in [2.75, 3.05) is 49.8 Å². The van der Waals surface area contributed by atoms with Gasteiger partial charge in [-0.3, -0.25) is 4.79 Å². The van der Waals surface area contributed by atoms with Crippen molar-refractivity contribution in [3.8, 4) is 11.6 Å². The summed E-state index contributed by atoms with van der Waals surface area (Å²) in [5, 5.41) is 17.4. The van der Waals surface area contributed by atoms with Crippen molar-refractivity contribution in [3.05, 3.63) is 73.3 Å². The maximum absolute atomic E-state index is 13.6. The van der Waals surface area contributed by atoms with Crippen molar-refractivity contribution in [2.24, 2.45) is 0 Å². The predicted octanol–water partition coefficient (Wildman–Crippen LogP) is 4.13. The van der Waals surface area contributed by atoms with E-state index >= 15 is 0 Å². The molecule has 186 valence electrons. The van der Waals surface area contributed by atoms with Crippen molar-refractivity contribution in [1.29, 1.82) is 0 Å². The summed E-state index contributed by atoms with van der Waals surface area (Å²) in [7, 11) is 5.83. The first-order valence-corrected chi connectivity index (χ1v) is 11.3. The van der Waals surface area contributed by atoms with Crippen LogP contribution in [0.1, 0.15) is 0 Å². The van der Waals surface area contributed by atoms with E-state index in [1.165, 1.54) is 18.2 Å². The zero-order valence-corrected chi connectivity index (χ0v) is 20.4. The highest BCUT2D eigenvalue weighted by molar-refractivity contribution is 6.02. The molecule has 4 aromatic rings. The number of fused-ring (bicyclic) bond motifs is 1. The molecule has 0 atom stereocenters. The molecule has 9 nitrogen and oxygen atoms in total. The van der Waals surface area contributed by atoms with E-state index in [-0.39, 0.29) is 23.4 Å². The lowest BCUT2D eigenvalue weighted by Gasteiger charge is -2.25. The average Bonchev–Trinajstić information content (AvgIpc) is 3.27. The molecule has 4 rings (SSSR count). The molecule has 3 N–H and O–H groups in total. The highest BCUT2D eigenvalue weighted by Crippen LogP contribution is 2.37. The summed E-state index contributed by atoms with van der Waals surface area (Å²) in [5.41, 5.74) is 2.26. The lowest BCUT2D eigenvalue weighted by atomic mass is 10.2. The zero-order valence-electron chi connectivity index (χ0n) is 20.4. The highest BCUT2D eigenvalue weighted by atomic mass is 19.1. The van der Waals surface area contributed by atoms with Gasteiger partial charge in [-0.2, -0.15) is 4.98 Å². The molecule has 10 heteroatoms. The van der Waals surface area contributed by atoms with Gasteiger partial charge < -0.3 is 30.1 Å². The largest absolute Gasteiger partial charge is 0.506 e. The van der Waals surface area contributed by atoms with E-state index in [0.717, 1.165) is 17.4 Å². The van der Waals surface area contributed by atoms with Crippen molar-refractivity contribution < 1.29 is 14.3 Å². The van der Waals surface area contributed by atoms with Crippen LogP contribution < -0.4 is 15.5 Å². The third-order valence-electron chi connectivity index (χ3n) is 5.64. The molecule has 0 aliphatic rings. The van der Waals surface area contributed by atoms with Gasteiger partial charge in [0.25, 0.3) is 0 Å². The first-order valence-electron chi connectivity index (χ1n) is 11.3. The van der Waals surface area contributed by atoms with Crippen LogP contribution in [-0.4, -0.2) is 64.7 Å². The number of nitrogens with one attached hydrogen (secondary N) is 2. The van der Waals surface area contributed by atoms with Crippen molar-refractivity contribution in [2.45, 2.75) is 0 Å². The van der Waals surface area contributed by atoms with Gasteiger partial charge >= 0.3 is 0 Å². The van der Waals surface area contributed by atoms with Crippen LogP contribution in [0.4, 0.5) is 27.4 Å². The molecule has 0 fully saturated rings. The first-order chi connectivity index (χ1) is 17.2. The number of aromatic nitrogens is 3. The fraction of sp³-hybridized carbons (Fsp3) is 0.192. The summed E-state index contributed by atoms with van der Waals surface area (Å²) in [4.78, 5) is 24.9. The Bertz CT molecular complexity index is 1420. The average molecular weight is 490 g/mol. The molecule has 0 bridgehead atoms. The van der Waals surface area contributed by atoms with E-state index in [1.54, 1.807) is 42.7 Å². The minimum atomic E-state index is -0.372. The molecule has 0 aliphatic carbocycles. The molecular weight excluding hydrogens is 461 g/mol. The molecule has 0 saturated heterocycles. The van der Waals surface area contributed by atoms with Gasteiger partial charge in [0, 0.05) is 44.0 Å². The third-order valence-corrected chi connectivity index (χ3v) is 5.64. The Balaban J connectivity index is 1.66. The Hall–Kier alpha value is -4.44. The van der Waals surface area contributed by atoms with E-state index < -0.39 is 0 Å². The number of benzene rings is 2. The quantitative estimate of drug-likeness (QED) is 0.185. The van der Waals surface area contributed by atoms with Crippen LogP contribution in [-0.2, 0) is 4.79 Å². The Morgan fingerprint density at radius 1 is 1.14 bits per heavy atom. The third kappa shape index (κ3) is 5.44. The van der Waals surface area contributed by atoms with E-state index in [0.29, 0.717) is 29.4 Å². The van der Waals surface area contributed by atoms with Gasteiger partial charge in [-0.05, 0) is 56.6 Å². The summed E-state index contributed by atoms with van der Waals surface area (Å²) < 4.78 is 15.4. The van der Waals surface area contributed by atoms with Gasteiger partial charge in [-0.15, -0.1) is 0 Å². The molecule has 2 aromatic carbocycles. The van der Waals surface area contributed by atoms with Crippen LogP contribution >= 0.6 is 0 Å². The minimum absolute atomic E-state index is 0.0332. The lowest BCUT2D eigenvalue weighted by Crippen LogP contribution is -2.29. The van der Waals surface area contributed by atoms with Gasteiger partial charge in [-0.1, -0.05) is 6.58 Å². The molecule has 0 radical (unpaired) electrons. The van der Waals surface area contributed by atoms with Crippen LogP contribution in [0.15, 0.2) is 67.5 Å². The van der Waals surface area contributed by atoms with Crippen molar-refractivity contribution >= 4 is 39.8 Å². The molecule has 0 spiro atoms. The number of likely N-dealkylation sites (N-methyl/N-ethyl adjacent to an activating group) is 2. The monoisotopic (exact) mass is 489 g/mol. The smallest absolute Gasteiger partial charge is 0.247 e. The number of nitrogens with zero attached hydrogens (tertiary/aromatic N) is 5. The predicted molar refractivity (Wildman–Crippen MR) is 141 cm³/mol. The second kappa shape index (κ2) is 10.4. The number of hydrogen-bond donors (Lipinski definition) is 3. The van der Waals surface area contributed by atoms with Crippen LogP contribution in [0.3, 0.4) is 0 Å².